The number of carbonyl (C=O) groups excluding carboxylic acids is 2. The first kappa shape index (κ1) is 31.3. The Bertz CT molecular complexity index is 1630. The van der Waals surface area contributed by atoms with Crippen LogP contribution in [0.15, 0.2) is 114 Å². The molecule has 0 aliphatic heterocycles. The summed E-state index contributed by atoms with van der Waals surface area (Å²) in [5.74, 6) is -0.388. The molecule has 0 bridgehead atoms. The first-order chi connectivity index (χ1) is 20.7. The van der Waals surface area contributed by atoms with Gasteiger partial charge in [0.15, 0.2) is 0 Å². The SMILES string of the molecule is CCNC(=O)[C@H](Cc1ccccc1)N(Cc1cccc(C)c1)C(=O)CN(c1cccc(OC)c1)S(=O)(=O)c1ccccc1. The summed E-state index contributed by atoms with van der Waals surface area (Å²) in [6, 6.07) is 30.8. The maximum atomic E-state index is 14.4. The Labute approximate surface area is 254 Å². The molecule has 0 radical (unpaired) electrons. The number of hydrogen-bond donors (Lipinski definition) is 1. The summed E-state index contributed by atoms with van der Waals surface area (Å²) in [4.78, 5) is 29.5. The molecule has 9 heteroatoms. The number of benzene rings is 4. The standard InChI is InChI=1S/C34H37N3O5S/c1-4-35-34(39)32(22-27-14-7-5-8-15-27)36(24-28-16-11-13-26(2)21-28)33(38)25-37(29-17-12-18-30(23-29)42-3)43(40,41)31-19-9-6-10-20-31/h5-21,23,32H,4,22,24-25H2,1-3H3,(H,35,39)/t32-/m0/s1. The summed E-state index contributed by atoms with van der Waals surface area (Å²) in [5, 5.41) is 2.87. The van der Waals surface area contributed by atoms with Gasteiger partial charge in [0.25, 0.3) is 10.0 Å². The van der Waals surface area contributed by atoms with E-state index in [4.69, 9.17) is 4.74 Å². The van der Waals surface area contributed by atoms with Crippen molar-refractivity contribution in [2.24, 2.45) is 0 Å². The monoisotopic (exact) mass is 599 g/mol. The first-order valence-corrected chi connectivity index (χ1v) is 15.6. The maximum Gasteiger partial charge on any atom is 0.264 e. The number of sulfonamides is 1. The summed E-state index contributed by atoms with van der Waals surface area (Å²) in [7, 11) is -2.68. The summed E-state index contributed by atoms with van der Waals surface area (Å²) in [6.07, 6.45) is 0.259. The highest BCUT2D eigenvalue weighted by Crippen LogP contribution is 2.28. The number of hydrogen-bond acceptors (Lipinski definition) is 5. The number of aryl methyl sites for hydroxylation is 1. The molecule has 0 aliphatic carbocycles. The maximum absolute atomic E-state index is 14.4. The van der Waals surface area contributed by atoms with Crippen molar-refractivity contribution >= 4 is 27.5 Å². The second kappa shape index (κ2) is 14.5. The van der Waals surface area contributed by atoms with E-state index < -0.39 is 28.5 Å². The topological polar surface area (TPSA) is 96.0 Å². The number of nitrogens with zero attached hydrogens (tertiary/aromatic N) is 2. The van der Waals surface area contributed by atoms with Gasteiger partial charge in [-0.2, -0.15) is 0 Å². The molecule has 1 N–H and O–H groups in total. The molecular formula is C34H37N3O5S. The van der Waals surface area contributed by atoms with Gasteiger partial charge >= 0.3 is 0 Å². The lowest BCUT2D eigenvalue weighted by molar-refractivity contribution is -0.140. The highest BCUT2D eigenvalue weighted by molar-refractivity contribution is 7.92. The zero-order valence-corrected chi connectivity index (χ0v) is 25.5. The molecule has 0 spiro atoms. The van der Waals surface area contributed by atoms with Gasteiger partial charge in [-0.05, 0) is 49.2 Å². The summed E-state index contributed by atoms with van der Waals surface area (Å²) >= 11 is 0. The third-order valence-corrected chi connectivity index (χ3v) is 8.80. The number of nitrogens with one attached hydrogen (secondary N) is 1. The lowest BCUT2D eigenvalue weighted by atomic mass is 10.0. The van der Waals surface area contributed by atoms with Crippen molar-refractivity contribution in [2.45, 2.75) is 37.8 Å². The molecule has 43 heavy (non-hydrogen) atoms. The molecule has 0 unspecified atom stereocenters. The molecule has 0 aromatic heterocycles. The second-order valence-corrected chi connectivity index (χ2v) is 12.0. The van der Waals surface area contributed by atoms with Crippen LogP contribution in [0.2, 0.25) is 0 Å². The fraction of sp³-hybridized carbons (Fsp3) is 0.235. The quantitative estimate of drug-likeness (QED) is 0.234. The average molecular weight is 600 g/mol. The third kappa shape index (κ3) is 8.02. The van der Waals surface area contributed by atoms with Crippen LogP contribution in [0.5, 0.6) is 5.75 Å². The Morgan fingerprint density at radius 2 is 1.49 bits per heavy atom. The van der Waals surface area contributed by atoms with Gasteiger partial charge in [0.2, 0.25) is 11.8 Å². The summed E-state index contributed by atoms with van der Waals surface area (Å²) < 4.78 is 34.5. The first-order valence-electron chi connectivity index (χ1n) is 14.1. The number of amides is 2. The molecule has 224 valence electrons. The van der Waals surface area contributed by atoms with Crippen molar-refractivity contribution in [2.75, 3.05) is 24.5 Å². The van der Waals surface area contributed by atoms with Crippen LogP contribution in [0, 0.1) is 6.92 Å². The predicted molar refractivity (Wildman–Crippen MR) is 168 cm³/mol. The smallest absolute Gasteiger partial charge is 0.264 e. The zero-order chi connectivity index (χ0) is 30.8. The van der Waals surface area contributed by atoms with E-state index in [2.05, 4.69) is 5.32 Å². The van der Waals surface area contributed by atoms with E-state index in [1.54, 1.807) is 42.5 Å². The number of rotatable bonds is 13. The van der Waals surface area contributed by atoms with E-state index in [1.165, 1.54) is 24.1 Å². The minimum atomic E-state index is -4.17. The third-order valence-electron chi connectivity index (χ3n) is 7.01. The summed E-state index contributed by atoms with van der Waals surface area (Å²) in [5.41, 5.74) is 2.98. The highest BCUT2D eigenvalue weighted by atomic mass is 32.2. The van der Waals surface area contributed by atoms with Crippen molar-refractivity contribution in [3.8, 4) is 5.75 Å². The molecule has 0 saturated carbocycles. The molecule has 4 aromatic rings. The van der Waals surface area contributed by atoms with Crippen LogP contribution < -0.4 is 14.4 Å². The van der Waals surface area contributed by atoms with Gasteiger partial charge in [-0.1, -0.05) is 84.4 Å². The molecule has 0 heterocycles. The van der Waals surface area contributed by atoms with E-state index in [1.807, 2.05) is 68.4 Å². The number of anilines is 1. The van der Waals surface area contributed by atoms with E-state index in [0.29, 0.717) is 12.3 Å². The molecule has 0 aliphatic rings. The molecule has 4 rings (SSSR count). The number of carbonyl (C=O) groups is 2. The Morgan fingerprint density at radius 1 is 0.837 bits per heavy atom. The second-order valence-electron chi connectivity index (χ2n) is 10.1. The van der Waals surface area contributed by atoms with E-state index >= 15 is 0 Å². The number of likely N-dealkylation sites (N-methyl/N-ethyl adjacent to an activating group) is 1. The molecule has 0 fully saturated rings. The molecular weight excluding hydrogens is 562 g/mol. The van der Waals surface area contributed by atoms with Gasteiger partial charge in [0, 0.05) is 25.6 Å². The van der Waals surface area contributed by atoms with Crippen LogP contribution in [-0.4, -0.2) is 51.4 Å². The van der Waals surface area contributed by atoms with Crippen molar-refractivity contribution in [1.82, 2.24) is 10.2 Å². The van der Waals surface area contributed by atoms with Crippen molar-refractivity contribution in [3.05, 3.63) is 126 Å². The number of ether oxygens (including phenoxy) is 1. The average Bonchev–Trinajstić information content (AvgIpc) is 3.02. The Hall–Kier alpha value is -4.63. The van der Waals surface area contributed by atoms with Gasteiger partial charge in [-0.25, -0.2) is 8.42 Å². The van der Waals surface area contributed by atoms with Crippen LogP contribution in [0.3, 0.4) is 0 Å². The Balaban J connectivity index is 1.80. The van der Waals surface area contributed by atoms with Crippen LogP contribution in [0.25, 0.3) is 0 Å². The lowest BCUT2D eigenvalue weighted by Crippen LogP contribution is -2.53. The Morgan fingerprint density at radius 3 is 2.14 bits per heavy atom. The zero-order valence-electron chi connectivity index (χ0n) is 24.6. The van der Waals surface area contributed by atoms with Crippen LogP contribution in [0.1, 0.15) is 23.6 Å². The van der Waals surface area contributed by atoms with Gasteiger partial charge in [-0.3, -0.25) is 13.9 Å². The minimum Gasteiger partial charge on any atom is -0.497 e. The van der Waals surface area contributed by atoms with Gasteiger partial charge in [0.1, 0.15) is 18.3 Å². The van der Waals surface area contributed by atoms with Crippen molar-refractivity contribution in [1.29, 1.82) is 0 Å². The summed E-state index contributed by atoms with van der Waals surface area (Å²) in [6.45, 7) is 3.75. The van der Waals surface area contributed by atoms with Gasteiger partial charge in [-0.15, -0.1) is 0 Å². The molecule has 2 amide bonds. The van der Waals surface area contributed by atoms with Crippen molar-refractivity contribution in [3.63, 3.8) is 0 Å². The normalized spacial score (nSPS) is 11.8. The fourth-order valence-corrected chi connectivity index (χ4v) is 6.29. The predicted octanol–water partition coefficient (Wildman–Crippen LogP) is 4.98. The lowest BCUT2D eigenvalue weighted by Gasteiger charge is -2.34. The van der Waals surface area contributed by atoms with E-state index in [0.717, 1.165) is 21.0 Å². The Kier molecular flexibility index (Phi) is 10.6. The van der Waals surface area contributed by atoms with Crippen LogP contribution in [0.4, 0.5) is 5.69 Å². The van der Waals surface area contributed by atoms with Crippen LogP contribution in [-0.2, 0) is 32.6 Å². The largest absolute Gasteiger partial charge is 0.497 e. The van der Waals surface area contributed by atoms with Gasteiger partial charge < -0.3 is 15.0 Å². The van der Waals surface area contributed by atoms with E-state index in [9.17, 15) is 18.0 Å². The fourth-order valence-electron chi connectivity index (χ4n) is 4.87. The molecule has 1 atom stereocenters. The minimum absolute atomic E-state index is 0.0421. The number of methoxy groups -OCH3 is 1. The molecule has 0 saturated heterocycles. The van der Waals surface area contributed by atoms with Crippen LogP contribution >= 0.6 is 0 Å². The molecule has 8 nitrogen and oxygen atoms in total. The van der Waals surface area contributed by atoms with Crippen molar-refractivity contribution < 1.29 is 22.7 Å². The van der Waals surface area contributed by atoms with Gasteiger partial charge in [0.05, 0.1) is 17.7 Å². The molecule has 4 aromatic carbocycles. The van der Waals surface area contributed by atoms with E-state index in [-0.39, 0.29) is 29.5 Å². The highest BCUT2D eigenvalue weighted by Gasteiger charge is 2.34.